The quantitative estimate of drug-likeness (QED) is 0.111. The number of alkyl halides is 4. The number of ketones is 1. The average molecular weight is 547 g/mol. The molecule has 0 amide bonds. The third-order valence-electron chi connectivity index (χ3n) is 5.30. The van der Waals surface area contributed by atoms with Crippen molar-refractivity contribution in [3.05, 3.63) is 82.1 Å². The molecule has 0 fully saturated rings. The molecule has 1 aromatic heterocycles. The number of pyridine rings is 1. The minimum absolute atomic E-state index is 0.00944. The van der Waals surface area contributed by atoms with E-state index >= 15 is 0 Å². The van der Waals surface area contributed by atoms with Gasteiger partial charge in [0.25, 0.3) is 6.43 Å². The fourth-order valence-corrected chi connectivity index (χ4v) is 4.50. The van der Waals surface area contributed by atoms with Crippen LogP contribution in [0.25, 0.3) is 6.08 Å². The molecule has 198 valence electrons. The van der Waals surface area contributed by atoms with Gasteiger partial charge >= 0.3 is 6.61 Å². The molecule has 0 saturated heterocycles. The number of carbonyl (C=O) groups is 1. The van der Waals surface area contributed by atoms with Gasteiger partial charge in [-0.15, -0.1) is 11.8 Å². The van der Waals surface area contributed by atoms with E-state index in [1.165, 1.54) is 44.6 Å². The van der Waals surface area contributed by atoms with Crippen LogP contribution in [0.4, 0.5) is 17.6 Å². The Bertz CT molecular complexity index is 1390. The van der Waals surface area contributed by atoms with Gasteiger partial charge in [0, 0.05) is 16.9 Å². The topological polar surface area (TPSA) is 81.4 Å². The summed E-state index contributed by atoms with van der Waals surface area (Å²) in [6, 6.07) is 12.3. The lowest BCUT2D eigenvalue weighted by atomic mass is 10.1. The highest BCUT2D eigenvalue weighted by atomic mass is 32.2. The summed E-state index contributed by atoms with van der Waals surface area (Å²) in [7, 11) is 2.76. The predicted molar refractivity (Wildman–Crippen MR) is 134 cm³/mol. The summed E-state index contributed by atoms with van der Waals surface area (Å²) in [5, 5.41) is 9.66. The summed E-state index contributed by atoms with van der Waals surface area (Å²) in [6.45, 7) is -1.46. The number of halogens is 4. The van der Waals surface area contributed by atoms with E-state index in [4.69, 9.17) is 9.47 Å². The standard InChI is InChI=1S/C27H22F4N2O4S/c1-15-10-20(25(28)29)33-26(19(15)13-32)38-14-18-11-16(5-8-22(18)35-2)4-7-21(34)17-6-9-23(37-27(30)31)24(12-17)36-3/h4-12,25,27H,14H2,1-3H3/b7-4+. The number of aromatic nitrogens is 1. The molecule has 38 heavy (non-hydrogen) atoms. The zero-order valence-corrected chi connectivity index (χ0v) is 21.3. The summed E-state index contributed by atoms with van der Waals surface area (Å²) < 4.78 is 66.3. The molecular weight excluding hydrogens is 524 g/mol. The number of aryl methyl sites for hydroxylation is 1. The number of nitriles is 1. The van der Waals surface area contributed by atoms with Crippen LogP contribution in [0.5, 0.6) is 17.2 Å². The SMILES string of the molecule is COc1ccc(/C=C/C(=O)c2ccc(OC(F)F)c(OC)c2)cc1CSc1nc(C(F)F)cc(C)c1C#N. The second-order valence-corrected chi connectivity index (χ2v) is 8.72. The van der Waals surface area contributed by atoms with E-state index in [9.17, 15) is 27.6 Å². The van der Waals surface area contributed by atoms with Crippen molar-refractivity contribution in [2.45, 2.75) is 30.7 Å². The molecule has 0 unspecified atom stereocenters. The summed E-state index contributed by atoms with van der Waals surface area (Å²) in [5.41, 5.74) is 1.76. The van der Waals surface area contributed by atoms with Gasteiger partial charge in [-0.1, -0.05) is 12.1 Å². The second-order valence-electron chi connectivity index (χ2n) is 7.76. The van der Waals surface area contributed by atoms with E-state index in [1.54, 1.807) is 31.2 Å². The van der Waals surface area contributed by atoms with Crippen LogP contribution in [-0.4, -0.2) is 31.6 Å². The number of benzene rings is 2. The maximum Gasteiger partial charge on any atom is 0.387 e. The van der Waals surface area contributed by atoms with Crippen LogP contribution in [-0.2, 0) is 5.75 Å². The van der Waals surface area contributed by atoms with Gasteiger partial charge in [0.1, 0.15) is 22.5 Å². The van der Waals surface area contributed by atoms with E-state index in [2.05, 4.69) is 9.72 Å². The number of carbonyl (C=O) groups excluding carboxylic acids is 1. The monoisotopic (exact) mass is 546 g/mol. The Kier molecular flexibility index (Phi) is 9.73. The second kappa shape index (κ2) is 13.0. The first kappa shape index (κ1) is 28.5. The van der Waals surface area contributed by atoms with E-state index < -0.39 is 24.5 Å². The Labute approximate surface area is 220 Å². The minimum Gasteiger partial charge on any atom is -0.496 e. The minimum atomic E-state index is -3.03. The molecule has 0 spiro atoms. The average Bonchev–Trinajstić information content (AvgIpc) is 2.90. The van der Waals surface area contributed by atoms with Crippen molar-refractivity contribution in [3.63, 3.8) is 0 Å². The van der Waals surface area contributed by atoms with Crippen molar-refractivity contribution in [3.8, 4) is 23.3 Å². The Balaban J connectivity index is 1.82. The number of rotatable bonds is 11. The molecule has 0 saturated carbocycles. The molecule has 0 bridgehead atoms. The van der Waals surface area contributed by atoms with Crippen LogP contribution >= 0.6 is 11.8 Å². The fourth-order valence-electron chi connectivity index (χ4n) is 3.46. The molecule has 6 nitrogen and oxygen atoms in total. The van der Waals surface area contributed by atoms with Crippen LogP contribution in [0.2, 0.25) is 0 Å². The summed E-state index contributed by atoms with van der Waals surface area (Å²) >= 11 is 1.12. The lowest BCUT2D eigenvalue weighted by Gasteiger charge is -2.12. The Morgan fingerprint density at radius 1 is 1.05 bits per heavy atom. The predicted octanol–water partition coefficient (Wildman–Crippen LogP) is 7.01. The molecule has 0 radical (unpaired) electrons. The van der Waals surface area contributed by atoms with E-state index in [0.29, 0.717) is 22.4 Å². The van der Waals surface area contributed by atoms with Gasteiger partial charge < -0.3 is 14.2 Å². The highest BCUT2D eigenvalue weighted by molar-refractivity contribution is 7.98. The van der Waals surface area contributed by atoms with Crippen LogP contribution in [0, 0.1) is 18.3 Å². The molecule has 0 aliphatic heterocycles. The number of thioether (sulfide) groups is 1. The normalized spacial score (nSPS) is 11.2. The van der Waals surface area contributed by atoms with Gasteiger partial charge in [-0.3, -0.25) is 4.79 Å². The van der Waals surface area contributed by atoms with E-state index in [0.717, 1.165) is 11.8 Å². The van der Waals surface area contributed by atoms with Crippen molar-refractivity contribution in [2.24, 2.45) is 0 Å². The smallest absolute Gasteiger partial charge is 0.387 e. The highest BCUT2D eigenvalue weighted by Crippen LogP contribution is 2.33. The molecule has 1 heterocycles. The lowest BCUT2D eigenvalue weighted by Crippen LogP contribution is -2.04. The molecule has 11 heteroatoms. The van der Waals surface area contributed by atoms with Crippen molar-refractivity contribution >= 4 is 23.6 Å². The van der Waals surface area contributed by atoms with Gasteiger partial charge in [-0.25, -0.2) is 13.8 Å². The van der Waals surface area contributed by atoms with Crippen molar-refractivity contribution < 1.29 is 36.6 Å². The first-order valence-electron chi connectivity index (χ1n) is 11.0. The van der Waals surface area contributed by atoms with Gasteiger partial charge in [-0.05, 0) is 60.5 Å². The molecule has 2 aromatic carbocycles. The van der Waals surface area contributed by atoms with Crippen LogP contribution in [0.15, 0.2) is 53.6 Å². The third kappa shape index (κ3) is 7.04. The van der Waals surface area contributed by atoms with Gasteiger partial charge in [0.2, 0.25) is 0 Å². The molecule has 0 atom stereocenters. The van der Waals surface area contributed by atoms with Crippen molar-refractivity contribution in [2.75, 3.05) is 14.2 Å². The number of hydrogen-bond acceptors (Lipinski definition) is 7. The first-order valence-corrected chi connectivity index (χ1v) is 12.0. The fraction of sp³-hybridized carbons (Fsp3) is 0.222. The molecular formula is C27H22F4N2O4S. The summed E-state index contributed by atoms with van der Waals surface area (Å²) in [5.74, 6) is 0.185. The van der Waals surface area contributed by atoms with Crippen LogP contribution in [0.1, 0.15) is 44.7 Å². The van der Waals surface area contributed by atoms with Gasteiger partial charge in [0.05, 0.1) is 19.8 Å². The first-order chi connectivity index (χ1) is 18.2. The largest absolute Gasteiger partial charge is 0.496 e. The zero-order valence-electron chi connectivity index (χ0n) is 20.5. The summed E-state index contributed by atoms with van der Waals surface area (Å²) in [6.07, 6.45) is 0.104. The van der Waals surface area contributed by atoms with E-state index in [-0.39, 0.29) is 33.4 Å². The van der Waals surface area contributed by atoms with Gasteiger partial charge in [-0.2, -0.15) is 14.0 Å². The maximum absolute atomic E-state index is 13.2. The van der Waals surface area contributed by atoms with Crippen LogP contribution in [0.3, 0.4) is 0 Å². The maximum atomic E-state index is 13.2. The molecule has 0 aliphatic carbocycles. The number of methoxy groups -OCH3 is 2. The van der Waals surface area contributed by atoms with Crippen molar-refractivity contribution in [1.82, 2.24) is 4.98 Å². The number of allylic oxidation sites excluding steroid dienone is 1. The number of nitrogens with zero attached hydrogens (tertiary/aromatic N) is 2. The molecule has 0 aliphatic rings. The number of ether oxygens (including phenoxy) is 3. The Morgan fingerprint density at radius 2 is 1.76 bits per heavy atom. The van der Waals surface area contributed by atoms with Crippen molar-refractivity contribution in [1.29, 1.82) is 5.26 Å². The highest BCUT2D eigenvalue weighted by Gasteiger charge is 2.17. The molecule has 3 aromatic rings. The lowest BCUT2D eigenvalue weighted by molar-refractivity contribution is -0.0512. The Morgan fingerprint density at radius 3 is 2.39 bits per heavy atom. The summed E-state index contributed by atoms with van der Waals surface area (Å²) in [4.78, 5) is 16.6. The third-order valence-corrected chi connectivity index (χ3v) is 6.32. The zero-order chi connectivity index (χ0) is 27.8. The van der Waals surface area contributed by atoms with Gasteiger partial charge in [0.15, 0.2) is 17.3 Å². The number of hydrogen-bond donors (Lipinski definition) is 0. The molecule has 0 N–H and O–H groups in total. The molecule has 3 rings (SSSR count). The van der Waals surface area contributed by atoms with Crippen LogP contribution < -0.4 is 14.2 Å². The Hall–Kier alpha value is -4.04. The van der Waals surface area contributed by atoms with E-state index in [1.807, 2.05) is 6.07 Å².